The molecule has 35 heavy (non-hydrogen) atoms. The van der Waals surface area contributed by atoms with Gasteiger partial charge in [0.15, 0.2) is 11.5 Å². The number of aromatic nitrogens is 1. The highest BCUT2D eigenvalue weighted by atomic mass is 35.5. The van der Waals surface area contributed by atoms with E-state index in [-0.39, 0.29) is 18.1 Å². The lowest BCUT2D eigenvalue weighted by Crippen LogP contribution is -2.39. The number of hydrogen-bond donors (Lipinski definition) is 2. The number of amides is 2. The molecule has 0 unspecified atom stereocenters. The third kappa shape index (κ3) is 5.41. The Hall–Kier alpha value is -3.97. The first-order chi connectivity index (χ1) is 17.0. The van der Waals surface area contributed by atoms with Crippen molar-refractivity contribution >= 4 is 28.5 Å². The van der Waals surface area contributed by atoms with Gasteiger partial charge in [-0.3, -0.25) is 4.79 Å². The lowest BCUT2D eigenvalue weighted by atomic mass is 10.1. The summed E-state index contributed by atoms with van der Waals surface area (Å²) in [5.41, 5.74) is 2.76. The van der Waals surface area contributed by atoms with Crippen LogP contribution >= 0.6 is 11.6 Å². The van der Waals surface area contributed by atoms with Gasteiger partial charge in [0, 0.05) is 35.1 Å². The van der Waals surface area contributed by atoms with E-state index in [4.69, 9.17) is 21.1 Å². The Labute approximate surface area is 207 Å². The first kappa shape index (κ1) is 22.8. The molecule has 4 aromatic rings. The van der Waals surface area contributed by atoms with Gasteiger partial charge in [-0.05, 0) is 35.4 Å². The highest BCUT2D eigenvalue weighted by Gasteiger charge is 2.18. The Morgan fingerprint density at radius 2 is 1.63 bits per heavy atom. The lowest BCUT2D eigenvalue weighted by Gasteiger charge is -2.24. The van der Waals surface area contributed by atoms with Crippen molar-refractivity contribution in [2.75, 3.05) is 13.2 Å². The highest BCUT2D eigenvalue weighted by molar-refractivity contribution is 6.30. The van der Waals surface area contributed by atoms with Gasteiger partial charge in [0.25, 0.3) is 5.56 Å². The number of carbonyl (C=O) groups excluding carboxylic acids is 1. The second kappa shape index (κ2) is 10.1. The number of halogens is 1. The quantitative estimate of drug-likeness (QED) is 0.405. The monoisotopic (exact) mass is 489 g/mol. The van der Waals surface area contributed by atoms with Gasteiger partial charge in [-0.15, -0.1) is 0 Å². The molecule has 0 radical (unpaired) electrons. The first-order valence-corrected chi connectivity index (χ1v) is 11.7. The molecule has 7 nitrogen and oxygen atoms in total. The van der Waals surface area contributed by atoms with Crippen molar-refractivity contribution in [2.45, 2.75) is 19.6 Å². The van der Waals surface area contributed by atoms with E-state index < -0.39 is 0 Å². The number of pyridine rings is 1. The molecule has 8 heteroatoms. The minimum Gasteiger partial charge on any atom is -0.486 e. The maximum Gasteiger partial charge on any atom is 0.318 e. The summed E-state index contributed by atoms with van der Waals surface area (Å²) < 4.78 is 11.3. The number of aromatic amines is 1. The molecule has 0 saturated carbocycles. The number of fused-ring (bicyclic) bond motifs is 2. The predicted octanol–water partition coefficient (Wildman–Crippen LogP) is 4.86. The van der Waals surface area contributed by atoms with E-state index >= 15 is 0 Å². The smallest absolute Gasteiger partial charge is 0.318 e. The van der Waals surface area contributed by atoms with Crippen LogP contribution < -0.4 is 20.3 Å². The number of carbonyl (C=O) groups is 1. The molecule has 2 heterocycles. The average molecular weight is 490 g/mol. The van der Waals surface area contributed by atoms with Gasteiger partial charge in [-0.1, -0.05) is 54.1 Å². The van der Waals surface area contributed by atoms with Crippen LogP contribution in [0.5, 0.6) is 11.5 Å². The fourth-order valence-corrected chi connectivity index (χ4v) is 4.13. The molecule has 0 atom stereocenters. The van der Waals surface area contributed by atoms with E-state index in [9.17, 15) is 9.59 Å². The van der Waals surface area contributed by atoms with Crippen molar-refractivity contribution in [3.8, 4) is 11.5 Å². The Bertz CT molecular complexity index is 1400. The van der Waals surface area contributed by atoms with Crippen LogP contribution in [0, 0.1) is 0 Å². The van der Waals surface area contributed by atoms with Crippen LogP contribution in [0.1, 0.15) is 16.7 Å². The molecule has 1 aliphatic rings. The second-order valence-electron chi connectivity index (χ2n) is 8.33. The fraction of sp³-hybridized carbons (Fsp3) is 0.185. The van der Waals surface area contributed by atoms with Gasteiger partial charge in [0.1, 0.15) is 13.2 Å². The molecular formula is C27H24ClN3O4. The van der Waals surface area contributed by atoms with Gasteiger partial charge in [-0.2, -0.15) is 0 Å². The van der Waals surface area contributed by atoms with Crippen LogP contribution in [0.3, 0.4) is 0 Å². The third-order valence-electron chi connectivity index (χ3n) is 5.81. The molecule has 2 amide bonds. The fourth-order valence-electron chi connectivity index (χ4n) is 4.01. The van der Waals surface area contributed by atoms with E-state index in [0.29, 0.717) is 53.9 Å². The summed E-state index contributed by atoms with van der Waals surface area (Å²) in [4.78, 5) is 30.7. The van der Waals surface area contributed by atoms with Crippen LogP contribution in [0.15, 0.2) is 77.6 Å². The Morgan fingerprint density at radius 1 is 0.914 bits per heavy atom. The largest absolute Gasteiger partial charge is 0.486 e. The minimum absolute atomic E-state index is 0.128. The Kier molecular flexibility index (Phi) is 6.59. The second-order valence-corrected chi connectivity index (χ2v) is 8.77. The van der Waals surface area contributed by atoms with E-state index in [2.05, 4.69) is 10.3 Å². The van der Waals surface area contributed by atoms with Gasteiger partial charge in [0.2, 0.25) is 0 Å². The molecule has 178 valence electrons. The van der Waals surface area contributed by atoms with E-state index in [1.165, 1.54) is 0 Å². The molecule has 0 bridgehead atoms. The van der Waals surface area contributed by atoms with E-state index in [1.54, 1.807) is 29.2 Å². The average Bonchev–Trinajstić information content (AvgIpc) is 2.88. The molecule has 0 fully saturated rings. The zero-order valence-electron chi connectivity index (χ0n) is 18.9. The number of hydrogen-bond acceptors (Lipinski definition) is 4. The number of nitrogens with one attached hydrogen (secondary N) is 2. The summed E-state index contributed by atoms with van der Waals surface area (Å²) >= 11 is 6.03. The van der Waals surface area contributed by atoms with Crippen LogP contribution in [0.2, 0.25) is 5.02 Å². The highest BCUT2D eigenvalue weighted by Crippen LogP contribution is 2.33. The van der Waals surface area contributed by atoms with Crippen molar-refractivity contribution < 1.29 is 14.3 Å². The molecule has 0 aliphatic carbocycles. The molecule has 0 spiro atoms. The molecule has 0 saturated heterocycles. The van der Waals surface area contributed by atoms with Gasteiger partial charge in [0.05, 0.1) is 12.1 Å². The van der Waals surface area contributed by atoms with Gasteiger partial charge in [-0.25, -0.2) is 4.79 Å². The first-order valence-electron chi connectivity index (χ1n) is 11.3. The predicted molar refractivity (Wildman–Crippen MR) is 135 cm³/mol. The Morgan fingerprint density at radius 3 is 2.37 bits per heavy atom. The molecule has 2 N–H and O–H groups in total. The molecule has 3 aromatic carbocycles. The van der Waals surface area contributed by atoms with Crippen LogP contribution in [-0.4, -0.2) is 29.1 Å². The molecular weight excluding hydrogens is 466 g/mol. The zero-order valence-corrected chi connectivity index (χ0v) is 19.7. The maximum absolute atomic E-state index is 13.2. The third-order valence-corrected chi connectivity index (χ3v) is 6.06. The summed E-state index contributed by atoms with van der Waals surface area (Å²) in [6.07, 6.45) is 0. The summed E-state index contributed by atoms with van der Waals surface area (Å²) in [6.45, 7) is 1.78. The molecule has 5 rings (SSSR count). The maximum atomic E-state index is 13.2. The SMILES string of the molecule is O=C(NCc1ccccc1)N(Cc1ccc(Cl)cc1)Cc1cc2cc3c(cc2[nH]c1=O)OCCO3. The van der Waals surface area contributed by atoms with E-state index in [0.717, 1.165) is 16.5 Å². The number of urea groups is 1. The molecule has 1 aliphatic heterocycles. The van der Waals surface area contributed by atoms with Crippen LogP contribution in [-0.2, 0) is 19.6 Å². The standard InChI is InChI=1S/C27H24ClN3O4/c28-22-8-6-19(7-9-22)16-31(27(33)29-15-18-4-2-1-3-5-18)17-21-12-20-13-24-25(35-11-10-34-24)14-23(20)30-26(21)32/h1-9,12-14H,10-11,15-17H2,(H,29,33)(H,30,32). The molecule has 1 aromatic heterocycles. The summed E-state index contributed by atoms with van der Waals surface area (Å²) in [7, 11) is 0. The number of ether oxygens (including phenoxy) is 2. The van der Waals surface area contributed by atoms with Crippen molar-refractivity contribution in [1.29, 1.82) is 0 Å². The summed E-state index contributed by atoms with van der Waals surface area (Å²) in [5, 5.41) is 4.39. The van der Waals surface area contributed by atoms with Crippen LogP contribution in [0.4, 0.5) is 4.79 Å². The van der Waals surface area contributed by atoms with E-state index in [1.807, 2.05) is 48.5 Å². The van der Waals surface area contributed by atoms with Gasteiger partial charge < -0.3 is 24.7 Å². The normalized spacial score (nSPS) is 12.4. The Balaban J connectivity index is 1.42. The van der Waals surface area contributed by atoms with Crippen LogP contribution in [0.25, 0.3) is 10.9 Å². The van der Waals surface area contributed by atoms with Gasteiger partial charge >= 0.3 is 6.03 Å². The number of benzene rings is 3. The van der Waals surface area contributed by atoms with Crippen molar-refractivity contribution in [1.82, 2.24) is 15.2 Å². The number of nitrogens with zero attached hydrogens (tertiary/aromatic N) is 1. The van der Waals surface area contributed by atoms with Crippen molar-refractivity contribution in [3.05, 3.63) is 105 Å². The lowest BCUT2D eigenvalue weighted by molar-refractivity contribution is 0.172. The van der Waals surface area contributed by atoms with Crippen molar-refractivity contribution in [2.24, 2.45) is 0 Å². The number of rotatable bonds is 6. The topological polar surface area (TPSA) is 83.7 Å². The number of H-pyrrole nitrogens is 1. The van der Waals surface area contributed by atoms with Crippen molar-refractivity contribution in [3.63, 3.8) is 0 Å². The zero-order chi connectivity index (χ0) is 24.2. The minimum atomic E-state index is -0.273. The summed E-state index contributed by atoms with van der Waals surface area (Å²) in [6, 6.07) is 22.1. The summed E-state index contributed by atoms with van der Waals surface area (Å²) in [5.74, 6) is 1.25.